The monoisotopic (exact) mass is 357 g/mol. The molecule has 21 heavy (non-hydrogen) atoms. The van der Waals surface area contributed by atoms with Crippen LogP contribution in [0.3, 0.4) is 0 Å². The van der Waals surface area contributed by atoms with Crippen molar-refractivity contribution in [2.24, 2.45) is 0 Å². The Morgan fingerprint density at radius 3 is 2.71 bits per heavy atom. The Hall–Kier alpha value is -1.27. The molecular weight excluding hydrogens is 340 g/mol. The summed E-state index contributed by atoms with van der Waals surface area (Å²) in [5.74, 6) is -1.14. The van der Waals surface area contributed by atoms with Crippen molar-refractivity contribution in [2.75, 3.05) is 0 Å². The van der Waals surface area contributed by atoms with Gasteiger partial charge in [-0.2, -0.15) is 5.10 Å². The Balaban J connectivity index is 2.23. The SMILES string of the molecule is Cc1c(CNC(C)C)cnn1Cc1c(F)ccc(Br)c1F. The Labute approximate surface area is 131 Å². The smallest absolute Gasteiger partial charge is 0.145 e. The molecule has 1 aromatic carbocycles. The van der Waals surface area contributed by atoms with Gasteiger partial charge in [0.2, 0.25) is 0 Å². The van der Waals surface area contributed by atoms with E-state index in [1.165, 1.54) is 12.1 Å². The standard InChI is InChI=1S/C15H18BrF2N3/c1-9(2)19-6-11-7-20-21(10(11)3)8-12-14(17)5-4-13(16)15(12)18/h4-5,7,9,19H,6,8H2,1-3H3. The second-order valence-corrected chi connectivity index (χ2v) is 6.12. The van der Waals surface area contributed by atoms with E-state index in [0.29, 0.717) is 12.6 Å². The number of aromatic nitrogens is 2. The fraction of sp³-hybridized carbons (Fsp3) is 0.400. The predicted octanol–water partition coefficient (Wildman–Crippen LogP) is 3.78. The summed E-state index contributed by atoms with van der Waals surface area (Å²) in [6.45, 7) is 6.79. The van der Waals surface area contributed by atoms with Gasteiger partial charge in [0.15, 0.2) is 0 Å². The second-order valence-electron chi connectivity index (χ2n) is 5.27. The molecule has 0 radical (unpaired) electrons. The molecule has 0 aliphatic carbocycles. The zero-order valence-corrected chi connectivity index (χ0v) is 13.8. The highest BCUT2D eigenvalue weighted by Gasteiger charge is 2.15. The van der Waals surface area contributed by atoms with Crippen LogP contribution in [0.25, 0.3) is 0 Å². The minimum Gasteiger partial charge on any atom is -0.310 e. The van der Waals surface area contributed by atoms with Crippen LogP contribution in [0.2, 0.25) is 0 Å². The molecule has 1 N–H and O–H groups in total. The molecule has 0 fully saturated rings. The average molecular weight is 358 g/mol. The van der Waals surface area contributed by atoms with Gasteiger partial charge in [0.25, 0.3) is 0 Å². The number of nitrogens with zero attached hydrogens (tertiary/aromatic N) is 2. The molecule has 1 heterocycles. The van der Waals surface area contributed by atoms with Crippen molar-refractivity contribution in [3.05, 3.63) is 51.3 Å². The average Bonchev–Trinajstić information content (AvgIpc) is 2.78. The van der Waals surface area contributed by atoms with Crippen LogP contribution in [0, 0.1) is 18.6 Å². The van der Waals surface area contributed by atoms with Gasteiger partial charge in [0.1, 0.15) is 11.6 Å². The van der Waals surface area contributed by atoms with Gasteiger partial charge >= 0.3 is 0 Å². The quantitative estimate of drug-likeness (QED) is 0.825. The number of nitrogens with one attached hydrogen (secondary N) is 1. The van der Waals surface area contributed by atoms with Crippen LogP contribution in [0.15, 0.2) is 22.8 Å². The summed E-state index contributed by atoms with van der Waals surface area (Å²) in [6.07, 6.45) is 1.73. The highest BCUT2D eigenvalue weighted by molar-refractivity contribution is 9.10. The van der Waals surface area contributed by atoms with Crippen LogP contribution >= 0.6 is 15.9 Å². The molecule has 0 bridgehead atoms. The molecule has 0 saturated heterocycles. The molecule has 0 spiro atoms. The topological polar surface area (TPSA) is 29.9 Å². The summed E-state index contributed by atoms with van der Waals surface area (Å²) in [5, 5.41) is 7.53. The van der Waals surface area contributed by atoms with Crippen molar-refractivity contribution < 1.29 is 8.78 Å². The normalized spacial score (nSPS) is 11.4. The van der Waals surface area contributed by atoms with Crippen molar-refractivity contribution in [1.82, 2.24) is 15.1 Å². The van der Waals surface area contributed by atoms with Crippen molar-refractivity contribution in [1.29, 1.82) is 0 Å². The number of benzene rings is 1. The van der Waals surface area contributed by atoms with Crippen LogP contribution < -0.4 is 5.32 Å². The maximum Gasteiger partial charge on any atom is 0.145 e. The third-order valence-electron chi connectivity index (χ3n) is 3.35. The van der Waals surface area contributed by atoms with E-state index < -0.39 is 11.6 Å². The van der Waals surface area contributed by atoms with Crippen molar-refractivity contribution >= 4 is 15.9 Å². The van der Waals surface area contributed by atoms with Gasteiger partial charge in [0, 0.05) is 29.4 Å². The molecule has 0 unspecified atom stereocenters. The van der Waals surface area contributed by atoms with Crippen molar-refractivity contribution in [3.63, 3.8) is 0 Å². The van der Waals surface area contributed by atoms with E-state index in [0.717, 1.165) is 11.3 Å². The lowest BCUT2D eigenvalue weighted by atomic mass is 10.2. The number of hydrogen-bond acceptors (Lipinski definition) is 2. The first-order chi connectivity index (χ1) is 9.90. The Kier molecular flexibility index (Phi) is 5.11. The van der Waals surface area contributed by atoms with Gasteiger partial charge in [-0.05, 0) is 35.0 Å². The van der Waals surface area contributed by atoms with Gasteiger partial charge in [-0.25, -0.2) is 8.78 Å². The molecule has 0 saturated carbocycles. The summed E-state index contributed by atoms with van der Waals surface area (Å²) < 4.78 is 29.7. The molecule has 114 valence electrons. The molecule has 1 aromatic heterocycles. The van der Waals surface area contributed by atoms with Gasteiger partial charge in [-0.3, -0.25) is 4.68 Å². The summed E-state index contributed by atoms with van der Waals surface area (Å²) >= 11 is 3.08. The molecule has 0 aliphatic heterocycles. The van der Waals surface area contributed by atoms with E-state index >= 15 is 0 Å². The van der Waals surface area contributed by atoms with E-state index in [1.807, 2.05) is 6.92 Å². The van der Waals surface area contributed by atoms with Crippen LogP contribution in [0.1, 0.15) is 30.7 Å². The Morgan fingerprint density at radius 1 is 1.33 bits per heavy atom. The van der Waals surface area contributed by atoms with Crippen molar-refractivity contribution in [2.45, 2.75) is 39.9 Å². The molecule has 0 amide bonds. The molecule has 0 atom stereocenters. The Bertz CT molecular complexity index is 638. The number of hydrogen-bond donors (Lipinski definition) is 1. The Morgan fingerprint density at radius 2 is 2.05 bits per heavy atom. The van der Waals surface area contributed by atoms with E-state index in [4.69, 9.17) is 0 Å². The van der Waals surface area contributed by atoms with E-state index in [-0.39, 0.29) is 16.6 Å². The maximum atomic E-state index is 14.0. The molecule has 3 nitrogen and oxygen atoms in total. The first-order valence-electron chi connectivity index (χ1n) is 6.77. The van der Waals surface area contributed by atoms with Gasteiger partial charge in [0.05, 0.1) is 17.2 Å². The first kappa shape index (κ1) is 16.1. The molecule has 0 aliphatic rings. The largest absolute Gasteiger partial charge is 0.310 e. The maximum absolute atomic E-state index is 14.0. The molecule has 2 aromatic rings. The second kappa shape index (κ2) is 6.66. The minimum absolute atomic E-state index is 0.0129. The van der Waals surface area contributed by atoms with Crippen LogP contribution in [0.5, 0.6) is 0 Å². The summed E-state index contributed by atoms with van der Waals surface area (Å²) in [5.41, 5.74) is 1.94. The zero-order valence-electron chi connectivity index (χ0n) is 12.3. The highest BCUT2D eigenvalue weighted by atomic mass is 79.9. The lowest BCUT2D eigenvalue weighted by molar-refractivity contribution is 0.525. The summed E-state index contributed by atoms with van der Waals surface area (Å²) in [7, 11) is 0. The van der Waals surface area contributed by atoms with E-state index in [2.05, 4.69) is 40.2 Å². The van der Waals surface area contributed by atoms with Crippen LogP contribution in [0.4, 0.5) is 8.78 Å². The van der Waals surface area contributed by atoms with E-state index in [9.17, 15) is 8.78 Å². The fourth-order valence-corrected chi connectivity index (χ4v) is 2.37. The number of halogens is 3. The third-order valence-corrected chi connectivity index (χ3v) is 3.96. The fourth-order valence-electron chi connectivity index (χ4n) is 2.00. The third kappa shape index (κ3) is 3.68. The summed E-state index contributed by atoms with van der Waals surface area (Å²) in [6, 6.07) is 2.98. The van der Waals surface area contributed by atoms with Crippen molar-refractivity contribution in [3.8, 4) is 0 Å². The van der Waals surface area contributed by atoms with Crippen LogP contribution in [-0.4, -0.2) is 15.8 Å². The lowest BCUT2D eigenvalue weighted by Gasteiger charge is -2.10. The lowest BCUT2D eigenvalue weighted by Crippen LogP contribution is -2.22. The first-order valence-corrected chi connectivity index (χ1v) is 7.56. The molecular formula is C15H18BrF2N3. The van der Waals surface area contributed by atoms with Crippen LogP contribution in [-0.2, 0) is 13.1 Å². The zero-order chi connectivity index (χ0) is 15.6. The predicted molar refractivity (Wildman–Crippen MR) is 82.1 cm³/mol. The number of rotatable bonds is 5. The van der Waals surface area contributed by atoms with Gasteiger partial charge in [-0.1, -0.05) is 13.8 Å². The summed E-state index contributed by atoms with van der Waals surface area (Å²) in [4.78, 5) is 0. The molecule has 6 heteroatoms. The van der Waals surface area contributed by atoms with E-state index in [1.54, 1.807) is 10.9 Å². The minimum atomic E-state index is -0.577. The van der Waals surface area contributed by atoms with Gasteiger partial charge in [-0.15, -0.1) is 0 Å². The highest BCUT2D eigenvalue weighted by Crippen LogP contribution is 2.23. The van der Waals surface area contributed by atoms with Gasteiger partial charge < -0.3 is 5.32 Å². The molecule has 2 rings (SSSR count).